The Labute approximate surface area is 200 Å². The minimum atomic E-state index is -0.551. The highest BCUT2D eigenvalue weighted by Crippen LogP contribution is 2.22. The normalized spacial score (nSPS) is 12.2. The average Bonchev–Trinajstić information content (AvgIpc) is 2.74. The van der Waals surface area contributed by atoms with Crippen molar-refractivity contribution in [1.29, 1.82) is 0 Å². The van der Waals surface area contributed by atoms with Crippen LogP contribution >= 0.6 is 23.4 Å². The molecule has 174 valence electrons. The van der Waals surface area contributed by atoms with E-state index < -0.39 is 6.04 Å². The first-order valence-corrected chi connectivity index (χ1v) is 12.2. The number of nitrogens with one attached hydrogen (secondary N) is 1. The number of methoxy groups -OCH3 is 1. The fourth-order valence-electron chi connectivity index (χ4n) is 3.25. The zero-order valence-corrected chi connectivity index (χ0v) is 21.1. The number of hydrogen-bond acceptors (Lipinski definition) is 4. The van der Waals surface area contributed by atoms with Crippen molar-refractivity contribution in [2.24, 2.45) is 0 Å². The van der Waals surface area contributed by atoms with Crippen LogP contribution in [0.1, 0.15) is 45.2 Å². The summed E-state index contributed by atoms with van der Waals surface area (Å²) in [5.74, 6) is 1.43. The van der Waals surface area contributed by atoms with Crippen LogP contribution in [0.4, 0.5) is 0 Å². The molecule has 0 unspecified atom stereocenters. The second-order valence-corrected chi connectivity index (χ2v) is 10.0. The number of ether oxygens (including phenoxy) is 1. The lowest BCUT2D eigenvalue weighted by Crippen LogP contribution is -2.53. The Morgan fingerprint density at radius 3 is 2.34 bits per heavy atom. The van der Waals surface area contributed by atoms with Crippen LogP contribution in [0, 0.1) is 0 Å². The van der Waals surface area contributed by atoms with Crippen molar-refractivity contribution in [1.82, 2.24) is 10.2 Å². The molecule has 0 aromatic heterocycles. The molecule has 5 nitrogen and oxygen atoms in total. The Kier molecular flexibility index (Phi) is 9.91. The van der Waals surface area contributed by atoms with Crippen molar-refractivity contribution in [3.05, 3.63) is 64.7 Å². The number of halogens is 1. The highest BCUT2D eigenvalue weighted by Gasteiger charge is 2.30. The minimum Gasteiger partial charge on any atom is -0.497 e. The molecule has 2 aromatic rings. The van der Waals surface area contributed by atoms with Crippen LogP contribution in [0.2, 0.25) is 5.02 Å². The molecule has 0 spiro atoms. The molecule has 0 radical (unpaired) electrons. The predicted octanol–water partition coefficient (Wildman–Crippen LogP) is 5.30. The Morgan fingerprint density at radius 2 is 1.78 bits per heavy atom. The number of benzene rings is 2. The zero-order valence-electron chi connectivity index (χ0n) is 19.5. The smallest absolute Gasteiger partial charge is 0.243 e. The molecule has 0 fully saturated rings. The molecule has 1 atom stereocenters. The van der Waals surface area contributed by atoms with E-state index in [2.05, 4.69) is 5.32 Å². The van der Waals surface area contributed by atoms with Crippen molar-refractivity contribution < 1.29 is 14.3 Å². The molecule has 0 saturated carbocycles. The second kappa shape index (κ2) is 12.2. The van der Waals surface area contributed by atoms with Gasteiger partial charge in [0.1, 0.15) is 11.8 Å². The molecule has 2 rings (SSSR count). The first-order chi connectivity index (χ1) is 15.1. The average molecular weight is 477 g/mol. The Balaban J connectivity index is 2.17. The van der Waals surface area contributed by atoms with Crippen LogP contribution < -0.4 is 10.1 Å². The van der Waals surface area contributed by atoms with Crippen LogP contribution in [-0.4, -0.2) is 41.2 Å². The van der Waals surface area contributed by atoms with Gasteiger partial charge in [-0.3, -0.25) is 9.59 Å². The molecule has 1 N–H and O–H groups in total. The number of hydrogen-bond donors (Lipinski definition) is 1. The maximum atomic E-state index is 13.3. The lowest BCUT2D eigenvalue weighted by atomic mass is 10.1. The summed E-state index contributed by atoms with van der Waals surface area (Å²) < 4.78 is 5.23. The summed E-state index contributed by atoms with van der Waals surface area (Å²) in [6.07, 6.45) is 0.527. The number of rotatable bonds is 10. The maximum absolute atomic E-state index is 13.3. The topological polar surface area (TPSA) is 58.6 Å². The predicted molar refractivity (Wildman–Crippen MR) is 133 cm³/mol. The molecule has 0 aliphatic heterocycles. The highest BCUT2D eigenvalue weighted by molar-refractivity contribution is 7.99. The monoisotopic (exact) mass is 476 g/mol. The largest absolute Gasteiger partial charge is 0.497 e. The number of carbonyl (C=O) groups is 2. The molecule has 32 heavy (non-hydrogen) atoms. The van der Waals surface area contributed by atoms with Crippen LogP contribution in [-0.2, 0) is 21.9 Å². The molecule has 0 aliphatic rings. The van der Waals surface area contributed by atoms with Gasteiger partial charge < -0.3 is 15.0 Å². The van der Waals surface area contributed by atoms with Gasteiger partial charge in [0, 0.05) is 22.9 Å². The van der Waals surface area contributed by atoms with E-state index in [4.69, 9.17) is 16.3 Å². The third-order valence-electron chi connectivity index (χ3n) is 4.84. The molecule has 0 saturated heterocycles. The Morgan fingerprint density at radius 1 is 1.12 bits per heavy atom. The van der Waals surface area contributed by atoms with Crippen LogP contribution in [0.5, 0.6) is 5.75 Å². The zero-order chi connectivity index (χ0) is 23.7. The third kappa shape index (κ3) is 8.06. The van der Waals surface area contributed by atoms with Crippen molar-refractivity contribution in [3.63, 3.8) is 0 Å². The van der Waals surface area contributed by atoms with E-state index in [1.54, 1.807) is 12.0 Å². The summed E-state index contributed by atoms with van der Waals surface area (Å²) in [6.45, 7) is 8.09. The van der Waals surface area contributed by atoms with E-state index >= 15 is 0 Å². The molecule has 2 aromatic carbocycles. The molecular formula is C25H33ClN2O3S. The SMILES string of the molecule is CC[C@@H](C(=O)NC(C)(C)C)N(Cc1ccc(OC)cc1)C(=O)CSCc1ccccc1Cl. The van der Waals surface area contributed by atoms with Crippen molar-refractivity contribution in [2.75, 3.05) is 12.9 Å². The van der Waals surface area contributed by atoms with Gasteiger partial charge in [-0.25, -0.2) is 0 Å². The maximum Gasteiger partial charge on any atom is 0.243 e. The van der Waals surface area contributed by atoms with Gasteiger partial charge in [-0.15, -0.1) is 11.8 Å². The number of carbonyl (C=O) groups excluding carboxylic acids is 2. The van der Waals surface area contributed by atoms with Crippen molar-refractivity contribution in [2.45, 2.75) is 58.0 Å². The summed E-state index contributed by atoms with van der Waals surface area (Å²) >= 11 is 7.74. The molecule has 7 heteroatoms. The summed E-state index contributed by atoms with van der Waals surface area (Å²) in [5, 5.41) is 3.71. The van der Waals surface area contributed by atoms with Crippen molar-refractivity contribution >= 4 is 35.2 Å². The lowest BCUT2D eigenvalue weighted by Gasteiger charge is -2.33. The molecule has 0 heterocycles. The number of thioether (sulfide) groups is 1. The van der Waals surface area contributed by atoms with E-state index in [1.807, 2.05) is 76.2 Å². The van der Waals surface area contributed by atoms with Gasteiger partial charge in [0.25, 0.3) is 0 Å². The van der Waals surface area contributed by atoms with Crippen LogP contribution in [0.25, 0.3) is 0 Å². The minimum absolute atomic E-state index is 0.0752. The Hall–Kier alpha value is -2.18. The highest BCUT2D eigenvalue weighted by atomic mass is 35.5. The Bertz CT molecular complexity index is 897. The van der Waals surface area contributed by atoms with E-state index in [0.717, 1.165) is 16.9 Å². The van der Waals surface area contributed by atoms with E-state index in [9.17, 15) is 9.59 Å². The lowest BCUT2D eigenvalue weighted by molar-refractivity contribution is -0.140. The van der Waals surface area contributed by atoms with Gasteiger partial charge in [0.05, 0.1) is 12.9 Å². The standard InChI is InChI=1S/C25H33ClN2O3S/c1-6-22(24(30)27-25(2,3)4)28(15-18-11-13-20(31-5)14-12-18)23(29)17-32-16-19-9-7-8-10-21(19)26/h7-14,22H,6,15-17H2,1-5H3,(H,27,30)/t22-/m0/s1. The summed E-state index contributed by atoms with van der Waals surface area (Å²) in [5.41, 5.74) is 1.56. The molecular weight excluding hydrogens is 444 g/mol. The van der Waals surface area contributed by atoms with Crippen LogP contribution in [0.15, 0.2) is 48.5 Å². The summed E-state index contributed by atoms with van der Waals surface area (Å²) in [4.78, 5) is 28.0. The fraction of sp³-hybridized carbons (Fsp3) is 0.440. The molecule has 0 aliphatic carbocycles. The quantitative estimate of drug-likeness (QED) is 0.505. The van der Waals surface area contributed by atoms with Crippen LogP contribution in [0.3, 0.4) is 0 Å². The summed E-state index contributed by atoms with van der Waals surface area (Å²) in [7, 11) is 1.62. The van der Waals surface area contributed by atoms with Gasteiger partial charge in [0.15, 0.2) is 0 Å². The molecule has 2 amide bonds. The van der Waals surface area contributed by atoms with Gasteiger partial charge in [-0.1, -0.05) is 48.9 Å². The van der Waals surface area contributed by atoms with Gasteiger partial charge >= 0.3 is 0 Å². The van der Waals surface area contributed by atoms with E-state index in [0.29, 0.717) is 23.7 Å². The van der Waals surface area contributed by atoms with Gasteiger partial charge in [-0.2, -0.15) is 0 Å². The first kappa shape index (κ1) is 26.1. The fourth-order valence-corrected chi connectivity index (χ4v) is 4.44. The van der Waals surface area contributed by atoms with Gasteiger partial charge in [0.2, 0.25) is 11.8 Å². The van der Waals surface area contributed by atoms with E-state index in [-0.39, 0.29) is 23.1 Å². The summed E-state index contributed by atoms with van der Waals surface area (Å²) in [6, 6.07) is 14.6. The van der Waals surface area contributed by atoms with Gasteiger partial charge in [-0.05, 0) is 56.5 Å². The van der Waals surface area contributed by atoms with E-state index in [1.165, 1.54) is 11.8 Å². The first-order valence-electron chi connectivity index (χ1n) is 10.7. The number of amides is 2. The van der Waals surface area contributed by atoms with Crippen molar-refractivity contribution in [3.8, 4) is 5.75 Å². The molecule has 0 bridgehead atoms. The second-order valence-electron chi connectivity index (χ2n) is 8.62. The third-order valence-corrected chi connectivity index (χ3v) is 6.17. The number of nitrogens with zero attached hydrogens (tertiary/aromatic N) is 1.